The summed E-state index contributed by atoms with van der Waals surface area (Å²) >= 11 is 3.59. The minimum absolute atomic E-state index is 0.0704. The SMILES string of the molecule is O=C(CSc1ccc(NC(=O)c2ccc([N+](=O)[O-])cc2)cc1)Nc1ccc(I)cc1. The van der Waals surface area contributed by atoms with Crippen LogP contribution in [0, 0.1) is 13.7 Å². The quantitative estimate of drug-likeness (QED) is 0.189. The van der Waals surface area contributed by atoms with Gasteiger partial charge in [0.2, 0.25) is 5.91 Å². The Kier molecular flexibility index (Phi) is 7.41. The van der Waals surface area contributed by atoms with Crippen molar-refractivity contribution in [2.45, 2.75) is 4.90 Å². The normalized spacial score (nSPS) is 10.3. The number of rotatable bonds is 7. The van der Waals surface area contributed by atoms with Gasteiger partial charge in [0.05, 0.1) is 10.7 Å². The van der Waals surface area contributed by atoms with Crippen molar-refractivity contribution >= 4 is 63.2 Å². The summed E-state index contributed by atoms with van der Waals surface area (Å²) in [5.41, 5.74) is 1.60. The first kappa shape index (κ1) is 21.8. The number of carbonyl (C=O) groups excluding carboxylic acids is 2. The van der Waals surface area contributed by atoms with Crippen LogP contribution < -0.4 is 10.6 Å². The summed E-state index contributed by atoms with van der Waals surface area (Å²) in [5, 5.41) is 16.3. The fourth-order valence-electron chi connectivity index (χ4n) is 2.45. The van der Waals surface area contributed by atoms with Crippen molar-refractivity contribution in [3.05, 3.63) is 92.0 Å². The molecule has 7 nitrogen and oxygen atoms in total. The molecule has 0 saturated heterocycles. The predicted octanol–water partition coefficient (Wildman–Crippen LogP) is 5.18. The van der Waals surface area contributed by atoms with Crippen molar-refractivity contribution in [1.29, 1.82) is 0 Å². The van der Waals surface area contributed by atoms with Gasteiger partial charge in [-0.3, -0.25) is 19.7 Å². The van der Waals surface area contributed by atoms with Crippen LogP contribution in [0.25, 0.3) is 0 Å². The van der Waals surface area contributed by atoms with Gasteiger partial charge in [-0.05, 0) is 83.3 Å². The Morgan fingerprint density at radius 1 is 0.867 bits per heavy atom. The highest BCUT2D eigenvalue weighted by Gasteiger charge is 2.10. The van der Waals surface area contributed by atoms with Crippen molar-refractivity contribution in [3.8, 4) is 0 Å². The Labute approximate surface area is 190 Å². The van der Waals surface area contributed by atoms with Gasteiger partial charge in [-0.15, -0.1) is 11.8 Å². The molecule has 3 aromatic carbocycles. The summed E-state index contributed by atoms with van der Waals surface area (Å²) in [7, 11) is 0. The molecule has 0 aliphatic heterocycles. The van der Waals surface area contributed by atoms with E-state index in [0.29, 0.717) is 11.3 Å². The van der Waals surface area contributed by atoms with Gasteiger partial charge in [0.1, 0.15) is 0 Å². The number of amides is 2. The summed E-state index contributed by atoms with van der Waals surface area (Å²) in [6, 6.07) is 20.0. The van der Waals surface area contributed by atoms with E-state index < -0.39 is 4.92 Å². The minimum Gasteiger partial charge on any atom is -0.325 e. The lowest BCUT2D eigenvalue weighted by molar-refractivity contribution is -0.384. The molecule has 0 fully saturated rings. The molecule has 0 saturated carbocycles. The molecule has 0 aliphatic carbocycles. The second-order valence-corrected chi connectivity index (χ2v) is 8.42. The van der Waals surface area contributed by atoms with Crippen LogP contribution in [0.15, 0.2) is 77.7 Å². The number of nitro groups is 1. The van der Waals surface area contributed by atoms with Crippen molar-refractivity contribution in [2.24, 2.45) is 0 Å². The first-order chi connectivity index (χ1) is 14.4. The Morgan fingerprint density at radius 3 is 2.03 bits per heavy atom. The fourth-order valence-corrected chi connectivity index (χ4v) is 3.51. The fraction of sp³-hybridized carbons (Fsp3) is 0.0476. The zero-order valence-electron chi connectivity index (χ0n) is 15.5. The van der Waals surface area contributed by atoms with Crippen LogP contribution in [-0.2, 0) is 4.79 Å². The Morgan fingerprint density at radius 2 is 1.43 bits per heavy atom. The number of nitro benzene ring substituents is 1. The highest BCUT2D eigenvalue weighted by atomic mass is 127. The first-order valence-corrected chi connectivity index (χ1v) is 10.8. The van der Waals surface area contributed by atoms with Gasteiger partial charge < -0.3 is 10.6 Å². The number of hydrogen-bond acceptors (Lipinski definition) is 5. The topological polar surface area (TPSA) is 101 Å². The monoisotopic (exact) mass is 533 g/mol. The van der Waals surface area contributed by atoms with E-state index >= 15 is 0 Å². The van der Waals surface area contributed by atoms with Crippen molar-refractivity contribution < 1.29 is 14.5 Å². The molecule has 0 spiro atoms. The lowest BCUT2D eigenvalue weighted by Crippen LogP contribution is -2.14. The molecule has 3 rings (SSSR count). The van der Waals surface area contributed by atoms with E-state index in [2.05, 4.69) is 33.2 Å². The Hall–Kier alpha value is -2.92. The number of thioether (sulfide) groups is 1. The third-order valence-corrected chi connectivity index (χ3v) is 5.68. The van der Waals surface area contributed by atoms with Gasteiger partial charge >= 0.3 is 0 Å². The van der Waals surface area contributed by atoms with Crippen molar-refractivity contribution in [2.75, 3.05) is 16.4 Å². The number of anilines is 2. The number of hydrogen-bond donors (Lipinski definition) is 2. The third-order valence-electron chi connectivity index (χ3n) is 3.95. The summed E-state index contributed by atoms with van der Waals surface area (Å²) in [6.45, 7) is 0. The van der Waals surface area contributed by atoms with Gasteiger partial charge in [-0.2, -0.15) is 0 Å². The van der Waals surface area contributed by atoms with Gasteiger partial charge in [-0.25, -0.2) is 0 Å². The van der Waals surface area contributed by atoms with E-state index in [1.807, 2.05) is 36.4 Å². The summed E-state index contributed by atoms with van der Waals surface area (Å²) < 4.78 is 1.10. The van der Waals surface area contributed by atoms with Crippen molar-refractivity contribution in [1.82, 2.24) is 0 Å². The second kappa shape index (κ2) is 10.2. The maximum Gasteiger partial charge on any atom is 0.269 e. The van der Waals surface area contributed by atoms with Crippen LogP contribution in [0.3, 0.4) is 0 Å². The summed E-state index contributed by atoms with van der Waals surface area (Å²) in [6.07, 6.45) is 0. The molecule has 9 heteroatoms. The maximum absolute atomic E-state index is 12.3. The van der Waals surface area contributed by atoms with Crippen molar-refractivity contribution in [3.63, 3.8) is 0 Å². The standard InChI is InChI=1S/C21H16IN3O4S/c22-15-3-5-16(6-4-15)23-20(26)13-30-19-11-7-17(8-12-19)24-21(27)14-1-9-18(10-2-14)25(28)29/h1-12H,13H2,(H,23,26)(H,24,27). The predicted molar refractivity (Wildman–Crippen MR) is 126 cm³/mol. The molecule has 2 amide bonds. The smallest absolute Gasteiger partial charge is 0.269 e. The van der Waals surface area contributed by atoms with Crippen LogP contribution in [0.4, 0.5) is 17.1 Å². The molecule has 0 heterocycles. The summed E-state index contributed by atoms with van der Waals surface area (Å²) in [4.78, 5) is 35.4. The van der Waals surface area contributed by atoms with E-state index in [-0.39, 0.29) is 23.3 Å². The molecule has 0 unspecified atom stereocenters. The van der Waals surface area contributed by atoms with E-state index in [9.17, 15) is 19.7 Å². The molecule has 0 bridgehead atoms. The number of benzene rings is 3. The average Bonchev–Trinajstić information content (AvgIpc) is 2.75. The highest BCUT2D eigenvalue weighted by Crippen LogP contribution is 2.21. The lowest BCUT2D eigenvalue weighted by Gasteiger charge is -2.07. The van der Waals surface area contributed by atoms with E-state index in [4.69, 9.17) is 0 Å². The van der Waals surface area contributed by atoms with Gasteiger partial charge in [0.25, 0.3) is 11.6 Å². The number of non-ortho nitro benzene ring substituents is 1. The van der Waals surface area contributed by atoms with E-state index in [1.165, 1.54) is 36.0 Å². The van der Waals surface area contributed by atoms with Crippen LogP contribution >= 0.6 is 34.4 Å². The van der Waals surface area contributed by atoms with Crippen LogP contribution in [0.5, 0.6) is 0 Å². The molecular formula is C21H16IN3O4S. The zero-order chi connectivity index (χ0) is 21.5. The number of nitrogens with one attached hydrogen (secondary N) is 2. The van der Waals surface area contributed by atoms with E-state index in [1.54, 1.807) is 12.1 Å². The molecule has 0 aliphatic rings. The van der Waals surface area contributed by atoms with Crippen LogP contribution in [-0.4, -0.2) is 22.5 Å². The number of halogens is 1. The second-order valence-electron chi connectivity index (χ2n) is 6.13. The number of nitrogens with zero attached hydrogens (tertiary/aromatic N) is 1. The molecule has 0 radical (unpaired) electrons. The molecule has 0 aromatic heterocycles. The molecule has 3 aromatic rings. The largest absolute Gasteiger partial charge is 0.325 e. The minimum atomic E-state index is -0.515. The molecule has 2 N–H and O–H groups in total. The van der Waals surface area contributed by atoms with Gasteiger partial charge in [0, 0.05) is 37.5 Å². The summed E-state index contributed by atoms with van der Waals surface area (Å²) in [5.74, 6) is -0.195. The van der Waals surface area contributed by atoms with Crippen LogP contribution in [0.1, 0.15) is 10.4 Å². The third kappa shape index (κ3) is 6.29. The molecular weight excluding hydrogens is 517 g/mol. The number of carbonyl (C=O) groups is 2. The van der Waals surface area contributed by atoms with E-state index in [0.717, 1.165) is 14.2 Å². The van der Waals surface area contributed by atoms with Gasteiger partial charge in [-0.1, -0.05) is 0 Å². The highest BCUT2D eigenvalue weighted by molar-refractivity contribution is 14.1. The molecule has 30 heavy (non-hydrogen) atoms. The average molecular weight is 533 g/mol. The molecule has 152 valence electrons. The lowest BCUT2D eigenvalue weighted by atomic mass is 10.2. The zero-order valence-corrected chi connectivity index (χ0v) is 18.5. The Balaban J connectivity index is 1.50. The Bertz CT molecular complexity index is 1060. The molecule has 0 atom stereocenters. The first-order valence-electron chi connectivity index (χ1n) is 8.75. The van der Waals surface area contributed by atoms with Crippen LogP contribution in [0.2, 0.25) is 0 Å². The maximum atomic E-state index is 12.3. The van der Waals surface area contributed by atoms with Gasteiger partial charge in [0.15, 0.2) is 0 Å².